The van der Waals surface area contributed by atoms with Crippen LogP contribution >= 0.6 is 0 Å². The third-order valence-corrected chi connectivity index (χ3v) is 7.37. The van der Waals surface area contributed by atoms with Crippen LogP contribution in [0.4, 0.5) is 13.2 Å². The number of hydrogen-bond donors (Lipinski definition) is 3. The van der Waals surface area contributed by atoms with Gasteiger partial charge in [-0.2, -0.15) is 13.2 Å². The molecule has 1 heterocycles. The van der Waals surface area contributed by atoms with Crippen LogP contribution in [0.2, 0.25) is 0 Å². The summed E-state index contributed by atoms with van der Waals surface area (Å²) in [6.07, 6.45) is -1.06. The summed E-state index contributed by atoms with van der Waals surface area (Å²) in [6, 6.07) is 12.4. The highest BCUT2D eigenvalue weighted by Crippen LogP contribution is 2.37. The fourth-order valence-electron chi connectivity index (χ4n) is 5.41. The first kappa shape index (κ1) is 26.2. The number of carbonyl (C=O) groups is 2. The van der Waals surface area contributed by atoms with Gasteiger partial charge in [0.25, 0.3) is 5.91 Å². The zero-order valence-electron chi connectivity index (χ0n) is 20.2. The van der Waals surface area contributed by atoms with E-state index in [1.54, 1.807) is 0 Å². The fourth-order valence-corrected chi connectivity index (χ4v) is 5.41. The first-order valence-corrected chi connectivity index (χ1v) is 12.3. The maximum Gasteiger partial charge on any atom is 0.416 e. The molecule has 0 radical (unpaired) electrons. The van der Waals surface area contributed by atoms with Crippen LogP contribution in [0.15, 0.2) is 48.5 Å². The molecule has 2 aliphatic rings. The van der Waals surface area contributed by atoms with E-state index in [2.05, 4.69) is 46.7 Å². The van der Waals surface area contributed by atoms with Crippen molar-refractivity contribution in [3.63, 3.8) is 0 Å². The van der Waals surface area contributed by atoms with E-state index < -0.39 is 35.7 Å². The SMILES string of the molecule is Cc1ccccc1C1CCC(N2C[C@H](NC(=O)CNC(=O)c3cccc(C(F)(F)F)c3)[C@@H](O)C2)CC1. The number of benzene rings is 2. The second-order valence-corrected chi connectivity index (χ2v) is 9.82. The van der Waals surface area contributed by atoms with Gasteiger partial charge in [0, 0.05) is 24.7 Å². The number of likely N-dealkylation sites (tertiary alicyclic amines) is 1. The van der Waals surface area contributed by atoms with E-state index in [-0.39, 0.29) is 12.1 Å². The van der Waals surface area contributed by atoms with Crippen molar-refractivity contribution in [1.29, 1.82) is 0 Å². The largest absolute Gasteiger partial charge is 0.416 e. The summed E-state index contributed by atoms with van der Waals surface area (Å²) in [7, 11) is 0. The molecular formula is C27H32F3N3O3. The predicted molar refractivity (Wildman–Crippen MR) is 129 cm³/mol. The van der Waals surface area contributed by atoms with Crippen LogP contribution in [0.25, 0.3) is 0 Å². The maximum atomic E-state index is 12.9. The van der Waals surface area contributed by atoms with Gasteiger partial charge in [0.1, 0.15) is 0 Å². The molecule has 1 saturated heterocycles. The second-order valence-electron chi connectivity index (χ2n) is 9.82. The van der Waals surface area contributed by atoms with E-state index >= 15 is 0 Å². The van der Waals surface area contributed by atoms with Gasteiger partial charge >= 0.3 is 6.18 Å². The number of amides is 2. The molecule has 1 saturated carbocycles. The second kappa shape index (κ2) is 11.0. The van der Waals surface area contributed by atoms with Gasteiger partial charge < -0.3 is 15.7 Å². The zero-order chi connectivity index (χ0) is 25.9. The van der Waals surface area contributed by atoms with Gasteiger partial charge in [-0.05, 0) is 67.9 Å². The Hall–Kier alpha value is -2.91. The minimum atomic E-state index is -4.56. The van der Waals surface area contributed by atoms with Gasteiger partial charge in [0.2, 0.25) is 5.91 Å². The Balaban J connectivity index is 1.24. The van der Waals surface area contributed by atoms with E-state index in [1.807, 2.05) is 0 Å². The predicted octanol–water partition coefficient (Wildman–Crippen LogP) is 3.63. The molecule has 2 atom stereocenters. The molecule has 194 valence electrons. The number of nitrogens with one attached hydrogen (secondary N) is 2. The first-order chi connectivity index (χ1) is 17.1. The Morgan fingerprint density at radius 2 is 1.75 bits per heavy atom. The molecule has 36 heavy (non-hydrogen) atoms. The summed E-state index contributed by atoms with van der Waals surface area (Å²) < 4.78 is 38.6. The topological polar surface area (TPSA) is 81.7 Å². The maximum absolute atomic E-state index is 12.9. The van der Waals surface area contributed by atoms with E-state index in [1.165, 1.54) is 17.2 Å². The van der Waals surface area contributed by atoms with E-state index in [9.17, 15) is 27.9 Å². The zero-order valence-corrected chi connectivity index (χ0v) is 20.2. The Labute approximate surface area is 208 Å². The Morgan fingerprint density at radius 3 is 2.44 bits per heavy atom. The number of hydrogen-bond acceptors (Lipinski definition) is 4. The molecule has 2 amide bonds. The van der Waals surface area contributed by atoms with Crippen LogP contribution in [-0.4, -0.2) is 59.6 Å². The van der Waals surface area contributed by atoms with Gasteiger partial charge in [0.05, 0.1) is 24.3 Å². The summed E-state index contributed by atoms with van der Waals surface area (Å²) in [5, 5.41) is 15.6. The van der Waals surface area contributed by atoms with Crippen LogP contribution in [-0.2, 0) is 11.0 Å². The molecule has 6 nitrogen and oxygen atoms in total. The molecular weight excluding hydrogens is 471 g/mol. The van der Waals surface area contributed by atoms with Crippen molar-refractivity contribution in [2.24, 2.45) is 0 Å². The first-order valence-electron chi connectivity index (χ1n) is 12.3. The summed E-state index contributed by atoms with van der Waals surface area (Å²) in [5.74, 6) is -0.717. The van der Waals surface area contributed by atoms with Crippen molar-refractivity contribution in [2.75, 3.05) is 19.6 Å². The monoisotopic (exact) mass is 503 g/mol. The third-order valence-electron chi connectivity index (χ3n) is 7.37. The van der Waals surface area contributed by atoms with Crippen molar-refractivity contribution in [3.8, 4) is 0 Å². The highest BCUT2D eigenvalue weighted by molar-refractivity contribution is 5.96. The van der Waals surface area contributed by atoms with Crippen LogP contribution in [0.1, 0.15) is 58.6 Å². The highest BCUT2D eigenvalue weighted by atomic mass is 19.4. The van der Waals surface area contributed by atoms with Gasteiger partial charge in [-0.15, -0.1) is 0 Å². The average Bonchev–Trinajstić information content (AvgIpc) is 3.22. The number of rotatable bonds is 6. The van der Waals surface area contributed by atoms with Crippen molar-refractivity contribution in [2.45, 2.75) is 62.9 Å². The third kappa shape index (κ3) is 6.25. The lowest BCUT2D eigenvalue weighted by molar-refractivity contribution is -0.137. The number of halogens is 3. The van der Waals surface area contributed by atoms with Crippen molar-refractivity contribution in [1.82, 2.24) is 15.5 Å². The minimum absolute atomic E-state index is 0.175. The normalized spacial score (nSPS) is 24.9. The summed E-state index contributed by atoms with van der Waals surface area (Å²) >= 11 is 0. The minimum Gasteiger partial charge on any atom is -0.390 e. The number of β-amino-alcohol motifs (C(OH)–C–C–N with tert-alkyl or cyclic N) is 1. The molecule has 0 unspecified atom stereocenters. The molecule has 2 fully saturated rings. The summed E-state index contributed by atoms with van der Waals surface area (Å²) in [5.41, 5.74) is 1.63. The van der Waals surface area contributed by atoms with E-state index in [0.717, 1.165) is 43.9 Å². The molecule has 0 bridgehead atoms. The van der Waals surface area contributed by atoms with Gasteiger partial charge in [-0.25, -0.2) is 0 Å². The quantitative estimate of drug-likeness (QED) is 0.563. The average molecular weight is 504 g/mol. The molecule has 0 spiro atoms. The Morgan fingerprint density at radius 1 is 1.03 bits per heavy atom. The smallest absolute Gasteiger partial charge is 0.390 e. The van der Waals surface area contributed by atoms with E-state index in [4.69, 9.17) is 0 Å². The van der Waals surface area contributed by atoms with Crippen molar-refractivity contribution >= 4 is 11.8 Å². The molecule has 3 N–H and O–H groups in total. The number of alkyl halides is 3. The molecule has 9 heteroatoms. The lowest BCUT2D eigenvalue weighted by Gasteiger charge is -2.35. The van der Waals surface area contributed by atoms with Gasteiger partial charge in [0.15, 0.2) is 0 Å². The highest BCUT2D eigenvalue weighted by Gasteiger charge is 2.37. The van der Waals surface area contributed by atoms with E-state index in [0.29, 0.717) is 25.0 Å². The number of carbonyl (C=O) groups excluding carboxylic acids is 2. The van der Waals surface area contributed by atoms with Crippen LogP contribution < -0.4 is 10.6 Å². The van der Waals surface area contributed by atoms with Crippen LogP contribution in [0.5, 0.6) is 0 Å². The standard InChI is InChI=1S/C27H32F3N3O3/c1-17-5-2-3-8-22(17)18-9-11-21(12-10-18)33-15-23(24(34)16-33)32-25(35)14-31-26(36)19-6-4-7-20(13-19)27(28,29)30/h2-8,13,18,21,23-24,34H,9-12,14-16H2,1H3,(H,31,36)(H,32,35)/t18?,21?,23-,24-/m0/s1. The van der Waals surface area contributed by atoms with Crippen LogP contribution in [0, 0.1) is 6.92 Å². The Kier molecular flexibility index (Phi) is 8.00. The van der Waals surface area contributed by atoms with Crippen molar-refractivity contribution < 1.29 is 27.9 Å². The van der Waals surface area contributed by atoms with Crippen molar-refractivity contribution in [3.05, 3.63) is 70.8 Å². The lowest BCUT2D eigenvalue weighted by atomic mass is 9.80. The molecule has 2 aromatic carbocycles. The molecule has 0 aromatic heterocycles. The molecule has 4 rings (SSSR count). The molecule has 1 aliphatic heterocycles. The molecule has 1 aliphatic carbocycles. The summed E-state index contributed by atoms with van der Waals surface area (Å²) in [4.78, 5) is 26.8. The number of nitrogens with zero attached hydrogens (tertiary/aromatic N) is 1. The number of aryl methyl sites for hydroxylation is 1. The molecule has 2 aromatic rings. The van der Waals surface area contributed by atoms with Crippen LogP contribution in [0.3, 0.4) is 0 Å². The fraction of sp³-hybridized carbons (Fsp3) is 0.481. The number of aliphatic hydroxyl groups excluding tert-OH is 1. The Bertz CT molecular complexity index is 1080. The lowest BCUT2D eigenvalue weighted by Crippen LogP contribution is -2.47. The van der Waals surface area contributed by atoms with Gasteiger partial charge in [-0.3, -0.25) is 14.5 Å². The summed E-state index contributed by atoms with van der Waals surface area (Å²) in [6.45, 7) is 2.75. The van der Waals surface area contributed by atoms with Gasteiger partial charge in [-0.1, -0.05) is 30.3 Å². The number of aliphatic hydroxyl groups is 1.